The van der Waals surface area contributed by atoms with Crippen molar-refractivity contribution < 1.29 is 32.6 Å². The summed E-state index contributed by atoms with van der Waals surface area (Å²) in [4.78, 5) is 38.9. The molecule has 0 atom stereocenters. The van der Waals surface area contributed by atoms with Gasteiger partial charge >= 0.3 is 12.6 Å². The molecule has 1 heterocycles. The van der Waals surface area contributed by atoms with Gasteiger partial charge in [0.2, 0.25) is 5.91 Å². The van der Waals surface area contributed by atoms with Crippen molar-refractivity contribution in [1.82, 2.24) is 15.5 Å². The molecule has 8 nitrogen and oxygen atoms in total. The predicted molar refractivity (Wildman–Crippen MR) is 121 cm³/mol. The van der Waals surface area contributed by atoms with Crippen LogP contribution >= 0.6 is 0 Å². The van der Waals surface area contributed by atoms with Crippen LogP contribution in [-0.4, -0.2) is 55.1 Å². The van der Waals surface area contributed by atoms with E-state index in [9.17, 15) is 23.2 Å². The second-order valence-corrected chi connectivity index (χ2v) is 10.0. The van der Waals surface area contributed by atoms with Crippen molar-refractivity contribution in [2.75, 3.05) is 20.2 Å². The molecule has 1 aliphatic heterocycles. The number of ether oxygens (including phenoxy) is 2. The quantitative estimate of drug-likeness (QED) is 0.554. The second kappa shape index (κ2) is 10.1. The van der Waals surface area contributed by atoms with Crippen LogP contribution in [0.2, 0.25) is 0 Å². The summed E-state index contributed by atoms with van der Waals surface area (Å²) >= 11 is 0. The fraction of sp³-hybridized carbons (Fsp3) is 0.625. The highest BCUT2D eigenvalue weighted by Crippen LogP contribution is 2.43. The summed E-state index contributed by atoms with van der Waals surface area (Å²) in [5.74, 6) is -0.216. The highest BCUT2D eigenvalue weighted by molar-refractivity contribution is 6.09. The third-order valence-electron chi connectivity index (χ3n) is 6.79. The van der Waals surface area contributed by atoms with Gasteiger partial charge in [0, 0.05) is 6.54 Å². The van der Waals surface area contributed by atoms with E-state index in [4.69, 9.17) is 4.74 Å². The van der Waals surface area contributed by atoms with E-state index in [2.05, 4.69) is 36.1 Å². The Hall–Kier alpha value is -2.91. The molecular weight excluding hydrogens is 448 g/mol. The predicted octanol–water partition coefficient (Wildman–Crippen LogP) is 3.48. The number of rotatable bonds is 8. The lowest BCUT2D eigenvalue weighted by atomic mass is 9.67. The third kappa shape index (κ3) is 5.77. The molecule has 1 saturated heterocycles. The first-order valence-electron chi connectivity index (χ1n) is 11.5. The Kier molecular flexibility index (Phi) is 7.67. The first-order chi connectivity index (χ1) is 15.9. The lowest BCUT2D eigenvalue weighted by molar-refractivity contribution is -0.136. The standard InChI is InChI=1S/C24H33F2N3O5/c1-23(2,3)16-7-10-24(11-8-16)20(31)29(22(32)28-24)14-19(30)27-12-9-15-5-6-17(34-21(25)26)18(13-15)33-4/h5-6,13,16,21H,7-12,14H2,1-4H3,(H,27,30)(H,28,32). The molecule has 0 aromatic heterocycles. The van der Waals surface area contributed by atoms with Crippen LogP contribution in [0.1, 0.15) is 52.0 Å². The average molecular weight is 482 g/mol. The van der Waals surface area contributed by atoms with E-state index < -0.39 is 24.1 Å². The van der Waals surface area contributed by atoms with Crippen molar-refractivity contribution in [3.05, 3.63) is 23.8 Å². The van der Waals surface area contributed by atoms with Crippen molar-refractivity contribution >= 4 is 17.8 Å². The maximum Gasteiger partial charge on any atom is 0.387 e. The van der Waals surface area contributed by atoms with Gasteiger partial charge in [-0.05, 0) is 61.1 Å². The fourth-order valence-corrected chi connectivity index (χ4v) is 4.74. The number of hydrogen-bond acceptors (Lipinski definition) is 5. The molecule has 2 aliphatic rings. The Balaban J connectivity index is 1.51. The van der Waals surface area contributed by atoms with Gasteiger partial charge in [-0.3, -0.25) is 14.5 Å². The maximum atomic E-state index is 13.0. The second-order valence-electron chi connectivity index (χ2n) is 10.0. The van der Waals surface area contributed by atoms with Crippen LogP contribution in [0.3, 0.4) is 0 Å². The van der Waals surface area contributed by atoms with Gasteiger partial charge in [-0.15, -0.1) is 0 Å². The van der Waals surface area contributed by atoms with Crippen LogP contribution in [0.25, 0.3) is 0 Å². The molecule has 10 heteroatoms. The van der Waals surface area contributed by atoms with E-state index in [1.54, 1.807) is 12.1 Å². The topological polar surface area (TPSA) is 97.0 Å². The zero-order valence-electron chi connectivity index (χ0n) is 20.1. The molecule has 1 saturated carbocycles. The number of carbonyl (C=O) groups is 3. The molecule has 1 spiro atoms. The van der Waals surface area contributed by atoms with Crippen molar-refractivity contribution in [1.29, 1.82) is 0 Å². The molecule has 188 valence electrons. The number of alkyl halides is 2. The number of urea groups is 1. The van der Waals surface area contributed by atoms with Gasteiger partial charge < -0.3 is 20.1 Å². The number of benzene rings is 1. The minimum atomic E-state index is -2.96. The average Bonchev–Trinajstić information content (AvgIpc) is 2.98. The van der Waals surface area contributed by atoms with E-state index in [0.29, 0.717) is 25.2 Å². The van der Waals surface area contributed by atoms with E-state index >= 15 is 0 Å². The van der Waals surface area contributed by atoms with Gasteiger partial charge in [0.15, 0.2) is 11.5 Å². The first kappa shape index (κ1) is 25.7. The number of imide groups is 1. The first-order valence-corrected chi connectivity index (χ1v) is 11.5. The Bertz CT molecular complexity index is 924. The number of halogens is 2. The molecule has 0 bridgehead atoms. The Labute approximate surface area is 198 Å². The maximum absolute atomic E-state index is 13.0. The number of hydrogen-bond donors (Lipinski definition) is 2. The zero-order valence-corrected chi connectivity index (χ0v) is 20.1. The van der Waals surface area contributed by atoms with Gasteiger partial charge in [-0.1, -0.05) is 26.8 Å². The fourth-order valence-electron chi connectivity index (χ4n) is 4.74. The summed E-state index contributed by atoms with van der Waals surface area (Å²) in [5.41, 5.74) is -0.0199. The van der Waals surface area contributed by atoms with Crippen molar-refractivity contribution in [2.24, 2.45) is 11.3 Å². The molecule has 1 aromatic rings. The van der Waals surface area contributed by atoms with E-state index in [1.165, 1.54) is 13.2 Å². The van der Waals surface area contributed by atoms with E-state index in [1.807, 2.05) is 0 Å². The zero-order chi connectivity index (χ0) is 25.1. The van der Waals surface area contributed by atoms with Crippen molar-refractivity contribution in [3.63, 3.8) is 0 Å². The summed E-state index contributed by atoms with van der Waals surface area (Å²) in [7, 11) is 1.35. The minimum Gasteiger partial charge on any atom is -0.493 e. The summed E-state index contributed by atoms with van der Waals surface area (Å²) in [6.45, 7) is 3.48. The summed E-state index contributed by atoms with van der Waals surface area (Å²) in [6.07, 6.45) is 3.24. The SMILES string of the molecule is COc1cc(CCNC(=O)CN2C(=O)NC3(CCC(C(C)(C)C)CC3)C2=O)ccc1OC(F)F. The molecule has 1 aromatic carbocycles. The summed E-state index contributed by atoms with van der Waals surface area (Å²) in [5, 5.41) is 5.53. The monoisotopic (exact) mass is 481 g/mol. The molecule has 34 heavy (non-hydrogen) atoms. The molecule has 2 fully saturated rings. The Morgan fingerprint density at radius 1 is 1.24 bits per heavy atom. The Morgan fingerprint density at radius 3 is 2.50 bits per heavy atom. The van der Waals surface area contributed by atoms with E-state index in [-0.39, 0.29) is 35.9 Å². The molecule has 0 radical (unpaired) electrons. The van der Waals surface area contributed by atoms with Crippen molar-refractivity contribution in [2.45, 2.75) is 65.0 Å². The van der Waals surface area contributed by atoms with Crippen molar-refractivity contribution in [3.8, 4) is 11.5 Å². The lowest BCUT2D eigenvalue weighted by Crippen LogP contribution is -2.51. The summed E-state index contributed by atoms with van der Waals surface area (Å²) in [6, 6.07) is 4.00. The molecule has 1 aliphatic carbocycles. The van der Waals surface area contributed by atoms with E-state index in [0.717, 1.165) is 23.3 Å². The largest absolute Gasteiger partial charge is 0.493 e. The van der Waals surface area contributed by atoms with Crippen LogP contribution in [0.15, 0.2) is 18.2 Å². The number of methoxy groups -OCH3 is 1. The number of amides is 4. The third-order valence-corrected chi connectivity index (χ3v) is 6.79. The van der Waals surface area contributed by atoms with Gasteiger partial charge in [0.1, 0.15) is 12.1 Å². The molecule has 4 amide bonds. The van der Waals surface area contributed by atoms with Crippen LogP contribution in [0, 0.1) is 11.3 Å². The van der Waals surface area contributed by atoms with Crippen LogP contribution < -0.4 is 20.1 Å². The normalized spacial score (nSPS) is 22.8. The van der Waals surface area contributed by atoms with Gasteiger partial charge in [-0.25, -0.2) is 4.79 Å². The van der Waals surface area contributed by atoms with Gasteiger partial charge in [0.05, 0.1) is 7.11 Å². The summed E-state index contributed by atoms with van der Waals surface area (Å²) < 4.78 is 34.4. The highest BCUT2D eigenvalue weighted by atomic mass is 19.3. The van der Waals surface area contributed by atoms with Crippen LogP contribution in [-0.2, 0) is 16.0 Å². The minimum absolute atomic E-state index is 0.0747. The number of carbonyl (C=O) groups excluding carboxylic acids is 3. The van der Waals surface area contributed by atoms with Crippen LogP contribution in [0.4, 0.5) is 13.6 Å². The van der Waals surface area contributed by atoms with Gasteiger partial charge in [-0.2, -0.15) is 8.78 Å². The highest BCUT2D eigenvalue weighted by Gasteiger charge is 2.53. The molecular formula is C24H33F2N3O5. The molecule has 3 rings (SSSR count). The van der Waals surface area contributed by atoms with Crippen LogP contribution in [0.5, 0.6) is 11.5 Å². The number of nitrogens with one attached hydrogen (secondary N) is 2. The lowest BCUT2D eigenvalue weighted by Gasteiger charge is -2.40. The van der Waals surface area contributed by atoms with Gasteiger partial charge in [0.25, 0.3) is 5.91 Å². The molecule has 0 unspecified atom stereocenters. The smallest absolute Gasteiger partial charge is 0.387 e. The Morgan fingerprint density at radius 2 is 1.91 bits per heavy atom. The molecule has 2 N–H and O–H groups in total. The number of nitrogens with zero attached hydrogens (tertiary/aromatic N) is 1.